The van der Waals surface area contributed by atoms with Crippen LogP contribution in [0.5, 0.6) is 0 Å². The lowest BCUT2D eigenvalue weighted by Gasteiger charge is -2.03. The van der Waals surface area contributed by atoms with Gasteiger partial charge in [-0.2, -0.15) is 5.26 Å². The van der Waals surface area contributed by atoms with Gasteiger partial charge in [-0.15, -0.1) is 0 Å². The molecule has 0 atom stereocenters. The number of esters is 1. The van der Waals surface area contributed by atoms with Gasteiger partial charge in [0.25, 0.3) is 0 Å². The van der Waals surface area contributed by atoms with Crippen LogP contribution >= 0.6 is 0 Å². The zero-order valence-electron chi connectivity index (χ0n) is 8.69. The highest BCUT2D eigenvalue weighted by Gasteiger charge is 2.00. The van der Waals surface area contributed by atoms with Crippen LogP contribution in [0, 0.1) is 18.3 Å². The van der Waals surface area contributed by atoms with Crippen LogP contribution in [0.2, 0.25) is 0 Å². The summed E-state index contributed by atoms with van der Waals surface area (Å²) in [5, 5.41) is 8.23. The van der Waals surface area contributed by atoms with E-state index in [9.17, 15) is 4.79 Å². The van der Waals surface area contributed by atoms with Crippen LogP contribution in [-0.2, 0) is 16.0 Å². The largest absolute Gasteiger partial charge is 0.465 e. The summed E-state index contributed by atoms with van der Waals surface area (Å²) in [6.45, 7) is 2.36. The van der Waals surface area contributed by atoms with Crippen LogP contribution in [-0.4, -0.2) is 12.6 Å². The van der Waals surface area contributed by atoms with E-state index in [0.717, 1.165) is 5.56 Å². The summed E-state index contributed by atoms with van der Waals surface area (Å²) >= 11 is 0. The van der Waals surface area contributed by atoms with E-state index in [0.29, 0.717) is 13.0 Å². The van der Waals surface area contributed by atoms with Gasteiger partial charge in [-0.05, 0) is 12.5 Å². The van der Waals surface area contributed by atoms with Crippen molar-refractivity contribution in [2.45, 2.75) is 19.8 Å². The highest BCUT2D eigenvalue weighted by molar-refractivity contribution is 5.71. The third kappa shape index (κ3) is 4.28. The van der Waals surface area contributed by atoms with Crippen molar-refractivity contribution < 1.29 is 9.53 Å². The van der Waals surface area contributed by atoms with Gasteiger partial charge in [0.05, 0.1) is 12.7 Å². The number of rotatable bonds is 4. The third-order valence-corrected chi connectivity index (χ3v) is 2.00. The quantitative estimate of drug-likeness (QED) is 0.703. The zero-order valence-corrected chi connectivity index (χ0v) is 8.69. The van der Waals surface area contributed by atoms with E-state index in [1.165, 1.54) is 5.56 Å². The number of carbonyl (C=O) groups is 1. The molecule has 78 valence electrons. The highest BCUT2D eigenvalue weighted by atomic mass is 16.5. The molecule has 0 aliphatic carbocycles. The first-order valence-electron chi connectivity index (χ1n) is 4.80. The number of ether oxygens (including phenoxy) is 1. The maximum absolute atomic E-state index is 10.8. The number of carbonyl (C=O) groups excluding carboxylic acids is 1. The molecule has 3 nitrogen and oxygen atoms in total. The van der Waals surface area contributed by atoms with Gasteiger partial charge in [0.1, 0.15) is 6.42 Å². The summed E-state index contributed by atoms with van der Waals surface area (Å²) in [6.07, 6.45) is 0.519. The predicted molar refractivity (Wildman–Crippen MR) is 56.1 cm³/mol. The van der Waals surface area contributed by atoms with E-state index in [4.69, 9.17) is 10.00 Å². The molecule has 0 aromatic heterocycles. The SMILES string of the molecule is Cc1ccc(CCOC(=O)CC#N)cc1. The number of benzene rings is 1. The molecule has 0 saturated carbocycles. The molecule has 0 fully saturated rings. The molecule has 0 aliphatic rings. The van der Waals surface area contributed by atoms with Crippen molar-refractivity contribution in [3.63, 3.8) is 0 Å². The first-order valence-corrected chi connectivity index (χ1v) is 4.80. The van der Waals surface area contributed by atoms with Gasteiger partial charge < -0.3 is 4.74 Å². The van der Waals surface area contributed by atoms with E-state index in [1.54, 1.807) is 6.07 Å². The fourth-order valence-corrected chi connectivity index (χ4v) is 1.15. The predicted octanol–water partition coefficient (Wildman–Crippen LogP) is 1.99. The fraction of sp³-hybridized carbons (Fsp3) is 0.333. The number of nitrogens with zero attached hydrogens (tertiary/aromatic N) is 1. The van der Waals surface area contributed by atoms with Gasteiger partial charge in [0, 0.05) is 6.42 Å². The molecule has 15 heavy (non-hydrogen) atoms. The minimum atomic E-state index is -0.454. The molecule has 0 spiro atoms. The second-order valence-corrected chi connectivity index (χ2v) is 3.29. The molecule has 0 aliphatic heterocycles. The minimum Gasteiger partial charge on any atom is -0.465 e. The van der Waals surface area contributed by atoms with Crippen LogP contribution in [0.3, 0.4) is 0 Å². The van der Waals surface area contributed by atoms with Gasteiger partial charge in [-0.25, -0.2) is 0 Å². The normalized spacial score (nSPS) is 9.33. The van der Waals surface area contributed by atoms with E-state index in [2.05, 4.69) is 0 Å². The monoisotopic (exact) mass is 203 g/mol. The van der Waals surface area contributed by atoms with Crippen LogP contribution < -0.4 is 0 Å². The van der Waals surface area contributed by atoms with E-state index >= 15 is 0 Å². The van der Waals surface area contributed by atoms with Gasteiger partial charge in [0.15, 0.2) is 0 Å². The maximum atomic E-state index is 10.8. The molecule has 1 aromatic carbocycles. The molecule has 1 rings (SSSR count). The summed E-state index contributed by atoms with van der Waals surface area (Å²) in [5.41, 5.74) is 2.34. The molecule has 0 unspecified atom stereocenters. The Morgan fingerprint density at radius 1 is 1.40 bits per heavy atom. The summed E-state index contributed by atoms with van der Waals surface area (Å²) in [5.74, 6) is -0.454. The van der Waals surface area contributed by atoms with Crippen LogP contribution in [0.15, 0.2) is 24.3 Å². The Morgan fingerprint density at radius 2 is 2.07 bits per heavy atom. The Labute approximate surface area is 89.3 Å². The second kappa shape index (κ2) is 5.82. The average molecular weight is 203 g/mol. The molecule has 0 radical (unpaired) electrons. The Bertz CT molecular complexity index is 362. The molecule has 0 amide bonds. The second-order valence-electron chi connectivity index (χ2n) is 3.29. The molecule has 1 aromatic rings. The molecule has 0 saturated heterocycles. The van der Waals surface area contributed by atoms with Crippen LogP contribution in [0.4, 0.5) is 0 Å². The Kier molecular flexibility index (Phi) is 4.36. The zero-order chi connectivity index (χ0) is 11.1. The smallest absolute Gasteiger partial charge is 0.320 e. The summed E-state index contributed by atoms with van der Waals surface area (Å²) in [4.78, 5) is 10.8. The standard InChI is InChI=1S/C12H13NO2/c1-10-2-4-11(5-3-10)7-9-15-12(14)6-8-13/h2-5H,6-7,9H2,1H3. The van der Waals surface area contributed by atoms with Crippen molar-refractivity contribution in [2.24, 2.45) is 0 Å². The van der Waals surface area contributed by atoms with Crippen molar-refractivity contribution in [3.8, 4) is 6.07 Å². The van der Waals surface area contributed by atoms with Crippen molar-refractivity contribution in [1.29, 1.82) is 5.26 Å². The van der Waals surface area contributed by atoms with Crippen molar-refractivity contribution in [3.05, 3.63) is 35.4 Å². The third-order valence-electron chi connectivity index (χ3n) is 2.00. The summed E-state index contributed by atoms with van der Waals surface area (Å²) < 4.78 is 4.86. The number of aryl methyl sites for hydroxylation is 1. The molecule has 0 heterocycles. The average Bonchev–Trinajstić information content (AvgIpc) is 2.21. The van der Waals surface area contributed by atoms with E-state index in [1.807, 2.05) is 31.2 Å². The van der Waals surface area contributed by atoms with Crippen LogP contribution in [0.1, 0.15) is 17.5 Å². The van der Waals surface area contributed by atoms with Gasteiger partial charge in [0.2, 0.25) is 0 Å². The lowest BCUT2D eigenvalue weighted by atomic mass is 10.1. The van der Waals surface area contributed by atoms with Gasteiger partial charge >= 0.3 is 5.97 Å². The lowest BCUT2D eigenvalue weighted by molar-refractivity contribution is -0.142. The van der Waals surface area contributed by atoms with Crippen molar-refractivity contribution >= 4 is 5.97 Å². The Morgan fingerprint density at radius 3 is 2.67 bits per heavy atom. The Balaban J connectivity index is 2.29. The molecule has 0 bridgehead atoms. The number of hydrogen-bond donors (Lipinski definition) is 0. The molecule has 0 N–H and O–H groups in total. The molecular weight excluding hydrogens is 190 g/mol. The summed E-state index contributed by atoms with van der Waals surface area (Å²) in [6, 6.07) is 9.80. The number of nitriles is 1. The lowest BCUT2D eigenvalue weighted by Crippen LogP contribution is -2.06. The van der Waals surface area contributed by atoms with Crippen molar-refractivity contribution in [1.82, 2.24) is 0 Å². The summed E-state index contributed by atoms with van der Waals surface area (Å²) in [7, 11) is 0. The minimum absolute atomic E-state index is 0.173. The van der Waals surface area contributed by atoms with Crippen LogP contribution in [0.25, 0.3) is 0 Å². The first kappa shape index (κ1) is 11.3. The highest BCUT2D eigenvalue weighted by Crippen LogP contribution is 2.04. The first-order chi connectivity index (χ1) is 7.22. The van der Waals surface area contributed by atoms with E-state index in [-0.39, 0.29) is 6.42 Å². The molecular formula is C12H13NO2. The van der Waals surface area contributed by atoms with Crippen molar-refractivity contribution in [2.75, 3.05) is 6.61 Å². The Hall–Kier alpha value is -1.82. The van der Waals surface area contributed by atoms with Gasteiger partial charge in [-0.1, -0.05) is 29.8 Å². The van der Waals surface area contributed by atoms with Gasteiger partial charge in [-0.3, -0.25) is 4.79 Å². The van der Waals surface area contributed by atoms with E-state index < -0.39 is 5.97 Å². The maximum Gasteiger partial charge on any atom is 0.320 e. The number of hydrogen-bond acceptors (Lipinski definition) is 3. The fourth-order valence-electron chi connectivity index (χ4n) is 1.15. The molecule has 3 heteroatoms. The topological polar surface area (TPSA) is 50.1 Å².